The first-order valence-corrected chi connectivity index (χ1v) is 19.5. The van der Waals surface area contributed by atoms with Crippen molar-refractivity contribution in [3.8, 4) is 39.6 Å². The Bertz CT molecular complexity index is 3030. The van der Waals surface area contributed by atoms with E-state index in [1.807, 2.05) is 11.3 Å². The van der Waals surface area contributed by atoms with E-state index >= 15 is 0 Å². The zero-order valence-electron chi connectivity index (χ0n) is 29.5. The predicted molar refractivity (Wildman–Crippen MR) is 227 cm³/mol. The van der Waals surface area contributed by atoms with Crippen LogP contribution in [0.2, 0.25) is 0 Å². The lowest BCUT2D eigenvalue weighted by Gasteiger charge is -2.14. The number of hydrogen-bond acceptors (Lipinski definition) is 4. The number of nitrogens with zero attached hydrogens (tertiary/aromatic N) is 4. The number of thiophene rings is 1. The van der Waals surface area contributed by atoms with Gasteiger partial charge in [-0.2, -0.15) is 0 Å². The van der Waals surface area contributed by atoms with Crippen LogP contribution in [-0.4, -0.2) is 19.5 Å². The molecule has 0 atom stereocenters. The molecule has 256 valence electrons. The Morgan fingerprint density at radius 1 is 0.519 bits per heavy atom. The molecule has 0 saturated carbocycles. The highest BCUT2D eigenvalue weighted by atomic mass is 32.1. The van der Waals surface area contributed by atoms with E-state index in [0.717, 1.165) is 53.8 Å². The quantitative estimate of drug-likeness (QED) is 0.179. The second-order valence-corrected chi connectivity index (χ2v) is 15.3. The zero-order chi connectivity index (χ0) is 35.6. The second-order valence-electron chi connectivity index (χ2n) is 14.3. The number of hydrogen-bond donors (Lipinski definition) is 0. The molecule has 3 heterocycles. The van der Waals surface area contributed by atoms with E-state index in [9.17, 15) is 0 Å². The van der Waals surface area contributed by atoms with E-state index in [2.05, 4.69) is 162 Å². The summed E-state index contributed by atoms with van der Waals surface area (Å²) in [7, 11) is 0. The van der Waals surface area contributed by atoms with Gasteiger partial charge in [-0.15, -0.1) is 11.3 Å². The lowest BCUT2D eigenvalue weighted by atomic mass is 10.0. The lowest BCUT2D eigenvalue weighted by Crippen LogP contribution is -2.03. The maximum Gasteiger partial charge on any atom is 0.164 e. The van der Waals surface area contributed by atoms with Gasteiger partial charge in [0.15, 0.2) is 17.5 Å². The molecule has 2 aliphatic rings. The lowest BCUT2D eigenvalue weighted by molar-refractivity contribution is 0.889. The first kappa shape index (κ1) is 31.1. The normalized spacial score (nSPS) is 14.0. The summed E-state index contributed by atoms with van der Waals surface area (Å²) in [5, 5.41) is 6.43. The number of allylic oxidation sites excluding steroid dienone is 5. The fourth-order valence-electron chi connectivity index (χ4n) is 8.25. The van der Waals surface area contributed by atoms with E-state index in [1.54, 1.807) is 0 Å². The molecule has 0 spiro atoms. The monoisotopic (exact) mass is 710 g/mol. The van der Waals surface area contributed by atoms with Gasteiger partial charge in [0.05, 0.1) is 5.52 Å². The summed E-state index contributed by atoms with van der Waals surface area (Å²) < 4.78 is 5.00. The smallest absolute Gasteiger partial charge is 0.164 e. The van der Waals surface area contributed by atoms with Gasteiger partial charge in [0, 0.05) is 53.6 Å². The molecule has 0 unspecified atom stereocenters. The summed E-state index contributed by atoms with van der Waals surface area (Å²) in [5.74, 6) is 2.14. The third-order valence-electron chi connectivity index (χ3n) is 11.0. The van der Waals surface area contributed by atoms with E-state index in [0.29, 0.717) is 11.6 Å². The standard InChI is InChI=1S/C49H34N4S/c1-2-10-33(11-3-1)47-50-48(52-49(51-47)37-24-27-41-40-15-7-9-17-45(40)54-46(41)30-37)34-20-18-31(19-21-34)32-22-25-38(26-23-32)53-43-16-8-6-14-39(43)42-28-35-12-4-5-13-36(35)29-44(42)53/h1-2,4-7,9-10,12-15,17-30H,3,8,11,16H2. The molecular weight excluding hydrogens is 677 g/mol. The fourth-order valence-corrected chi connectivity index (χ4v) is 9.39. The Morgan fingerprint density at radius 3 is 2.00 bits per heavy atom. The molecule has 11 rings (SSSR count). The largest absolute Gasteiger partial charge is 0.313 e. The van der Waals surface area contributed by atoms with Crippen molar-refractivity contribution < 1.29 is 0 Å². The van der Waals surface area contributed by atoms with Crippen LogP contribution in [-0.2, 0) is 6.42 Å². The van der Waals surface area contributed by atoms with Gasteiger partial charge < -0.3 is 4.57 Å². The first-order chi connectivity index (χ1) is 26.7. The minimum absolute atomic E-state index is 0.689. The SMILES string of the molecule is C1=CCCC(c2nc(-c3ccc(-c4ccc(-n5c6c(c7cc8ccccc8cc75)C=CCC6)cc4)cc3)nc(-c3ccc4c(c3)sc3ccccc34)n2)=C1. The molecule has 6 aromatic carbocycles. The summed E-state index contributed by atoms with van der Waals surface area (Å²) in [5.41, 5.74) is 10.6. The Hall–Kier alpha value is -6.43. The summed E-state index contributed by atoms with van der Waals surface area (Å²) in [6, 6.07) is 46.2. The van der Waals surface area contributed by atoms with Gasteiger partial charge in [-0.3, -0.25) is 0 Å². The van der Waals surface area contributed by atoms with Gasteiger partial charge >= 0.3 is 0 Å². The zero-order valence-corrected chi connectivity index (χ0v) is 30.4. The highest BCUT2D eigenvalue weighted by Gasteiger charge is 2.20. The third kappa shape index (κ3) is 5.23. The van der Waals surface area contributed by atoms with E-state index < -0.39 is 0 Å². The van der Waals surface area contributed by atoms with Crippen molar-refractivity contribution >= 4 is 64.8 Å². The summed E-state index contributed by atoms with van der Waals surface area (Å²) >= 11 is 1.81. The van der Waals surface area contributed by atoms with Crippen LogP contribution in [0.25, 0.3) is 93.1 Å². The molecule has 0 N–H and O–H groups in total. The Kier molecular flexibility index (Phi) is 7.27. The maximum absolute atomic E-state index is 5.08. The average Bonchev–Trinajstić information content (AvgIpc) is 3.78. The van der Waals surface area contributed by atoms with Gasteiger partial charge in [0.1, 0.15) is 0 Å². The molecule has 4 nitrogen and oxygen atoms in total. The second kappa shape index (κ2) is 12.6. The highest BCUT2D eigenvalue weighted by molar-refractivity contribution is 7.25. The van der Waals surface area contributed by atoms with E-state index in [1.165, 1.54) is 64.4 Å². The first-order valence-electron chi connectivity index (χ1n) is 18.7. The minimum Gasteiger partial charge on any atom is -0.313 e. The van der Waals surface area contributed by atoms with Crippen LogP contribution in [0, 0.1) is 0 Å². The molecule has 0 fully saturated rings. The van der Waals surface area contributed by atoms with Crippen molar-refractivity contribution in [1.82, 2.24) is 19.5 Å². The summed E-state index contributed by atoms with van der Waals surface area (Å²) in [4.78, 5) is 15.2. The summed E-state index contributed by atoms with van der Waals surface area (Å²) in [6.45, 7) is 0. The van der Waals surface area contributed by atoms with Gasteiger partial charge in [-0.25, -0.2) is 15.0 Å². The van der Waals surface area contributed by atoms with Crippen molar-refractivity contribution in [1.29, 1.82) is 0 Å². The van der Waals surface area contributed by atoms with Crippen LogP contribution in [0.15, 0.2) is 152 Å². The number of benzene rings is 6. The van der Waals surface area contributed by atoms with Gasteiger partial charge in [-0.05, 0) is 89.6 Å². The molecule has 9 aromatic rings. The predicted octanol–water partition coefficient (Wildman–Crippen LogP) is 13.0. The molecule has 0 amide bonds. The van der Waals surface area contributed by atoms with Crippen molar-refractivity contribution in [2.75, 3.05) is 0 Å². The topological polar surface area (TPSA) is 43.6 Å². The Labute approximate surface area is 317 Å². The molecule has 2 aliphatic carbocycles. The molecular formula is C49H34N4S. The van der Waals surface area contributed by atoms with Crippen molar-refractivity contribution in [3.05, 3.63) is 169 Å². The number of aromatic nitrogens is 4. The molecule has 0 aliphatic heterocycles. The van der Waals surface area contributed by atoms with E-state index in [-0.39, 0.29) is 0 Å². The molecule has 0 saturated heterocycles. The molecule has 0 bridgehead atoms. The van der Waals surface area contributed by atoms with Gasteiger partial charge in [0.2, 0.25) is 0 Å². The van der Waals surface area contributed by atoms with Crippen molar-refractivity contribution in [2.45, 2.75) is 25.7 Å². The van der Waals surface area contributed by atoms with Crippen LogP contribution in [0.5, 0.6) is 0 Å². The van der Waals surface area contributed by atoms with Crippen molar-refractivity contribution in [3.63, 3.8) is 0 Å². The van der Waals surface area contributed by atoms with Crippen LogP contribution < -0.4 is 0 Å². The number of rotatable bonds is 5. The molecule has 5 heteroatoms. The fraction of sp³-hybridized carbons (Fsp3) is 0.0816. The Balaban J connectivity index is 0.949. The highest BCUT2D eigenvalue weighted by Crippen LogP contribution is 2.38. The third-order valence-corrected chi connectivity index (χ3v) is 12.1. The maximum atomic E-state index is 5.08. The van der Waals surface area contributed by atoms with Crippen LogP contribution in [0.1, 0.15) is 36.3 Å². The van der Waals surface area contributed by atoms with E-state index in [4.69, 9.17) is 15.0 Å². The minimum atomic E-state index is 0.689. The van der Waals surface area contributed by atoms with Gasteiger partial charge in [-0.1, -0.05) is 121 Å². The Morgan fingerprint density at radius 2 is 1.19 bits per heavy atom. The van der Waals surface area contributed by atoms with Crippen LogP contribution in [0.3, 0.4) is 0 Å². The number of fused-ring (bicyclic) bond motifs is 7. The molecule has 3 aromatic heterocycles. The molecule has 54 heavy (non-hydrogen) atoms. The van der Waals surface area contributed by atoms with Crippen molar-refractivity contribution in [2.24, 2.45) is 0 Å². The van der Waals surface area contributed by atoms with Crippen LogP contribution >= 0.6 is 11.3 Å². The summed E-state index contributed by atoms with van der Waals surface area (Å²) in [6.07, 6.45) is 15.1. The molecule has 0 radical (unpaired) electrons. The van der Waals surface area contributed by atoms with Gasteiger partial charge in [0.25, 0.3) is 0 Å². The van der Waals surface area contributed by atoms with Crippen LogP contribution in [0.4, 0.5) is 0 Å². The average molecular weight is 711 g/mol.